The van der Waals surface area contributed by atoms with Crippen molar-refractivity contribution in [2.75, 3.05) is 0 Å². The van der Waals surface area contributed by atoms with Crippen LogP contribution < -0.4 is 5.43 Å². The highest BCUT2D eigenvalue weighted by Crippen LogP contribution is 1.91. The minimum atomic E-state index is -1.21. The Morgan fingerprint density at radius 1 is 1.62 bits per heavy atom. The predicted octanol–water partition coefficient (Wildman–Crippen LogP) is 0.468. The van der Waals surface area contributed by atoms with E-state index in [4.69, 9.17) is 5.11 Å². The van der Waals surface area contributed by atoms with Gasteiger partial charge in [-0.15, -0.1) is 0 Å². The number of carbonyl (C=O) groups is 1. The summed E-state index contributed by atoms with van der Waals surface area (Å²) < 4.78 is 0. The molecule has 13 heavy (non-hydrogen) atoms. The molecule has 0 unspecified atom stereocenters. The predicted molar refractivity (Wildman–Crippen MR) is 45.4 cm³/mol. The van der Waals surface area contributed by atoms with Crippen LogP contribution in [0.1, 0.15) is 12.6 Å². The third-order valence-corrected chi connectivity index (χ3v) is 1.25. The first kappa shape index (κ1) is 9.11. The number of hydrazone groups is 1. The number of nitrogens with zero attached hydrogens (tertiary/aromatic N) is 3. The molecule has 0 spiro atoms. The molecule has 1 heterocycles. The Morgan fingerprint density at radius 2 is 2.38 bits per heavy atom. The van der Waals surface area contributed by atoms with E-state index >= 15 is 0 Å². The number of hydrogen-bond acceptors (Lipinski definition) is 4. The molecule has 0 aromatic carbocycles. The van der Waals surface area contributed by atoms with Gasteiger partial charge in [-0.3, -0.25) is 9.97 Å². The minimum Gasteiger partial charge on any atom is -0.464 e. The Labute approximate surface area is 74.3 Å². The van der Waals surface area contributed by atoms with E-state index in [2.05, 4.69) is 15.1 Å². The summed E-state index contributed by atoms with van der Waals surface area (Å²) in [7, 11) is 0. The Morgan fingerprint density at radius 3 is 2.92 bits per heavy atom. The topological polar surface area (TPSA) is 87.5 Å². The van der Waals surface area contributed by atoms with Crippen molar-refractivity contribution in [1.29, 1.82) is 0 Å². The van der Waals surface area contributed by atoms with Crippen molar-refractivity contribution in [3.8, 4) is 0 Å². The first-order valence-corrected chi connectivity index (χ1v) is 3.50. The van der Waals surface area contributed by atoms with Gasteiger partial charge >= 0.3 is 6.09 Å². The SMILES string of the molecule is CC(=NNC(=O)O)c1cnccn1. The molecule has 6 nitrogen and oxygen atoms in total. The molecule has 1 aromatic rings. The van der Waals surface area contributed by atoms with E-state index in [1.54, 1.807) is 6.92 Å². The summed E-state index contributed by atoms with van der Waals surface area (Å²) in [6.07, 6.45) is 3.34. The van der Waals surface area contributed by atoms with Crippen molar-refractivity contribution >= 4 is 11.8 Å². The number of nitrogens with one attached hydrogen (secondary N) is 1. The molecule has 0 bridgehead atoms. The third-order valence-electron chi connectivity index (χ3n) is 1.25. The van der Waals surface area contributed by atoms with Crippen LogP contribution in [-0.4, -0.2) is 26.9 Å². The summed E-state index contributed by atoms with van der Waals surface area (Å²) in [5, 5.41) is 11.8. The zero-order valence-electron chi connectivity index (χ0n) is 6.93. The minimum absolute atomic E-state index is 0.468. The van der Waals surface area contributed by atoms with Crippen LogP contribution in [0.3, 0.4) is 0 Å². The highest BCUT2D eigenvalue weighted by molar-refractivity contribution is 5.96. The molecule has 0 saturated carbocycles. The summed E-state index contributed by atoms with van der Waals surface area (Å²) in [5.74, 6) is 0. The van der Waals surface area contributed by atoms with Crippen molar-refractivity contribution in [1.82, 2.24) is 15.4 Å². The van der Waals surface area contributed by atoms with Crippen molar-refractivity contribution in [3.63, 3.8) is 0 Å². The van der Waals surface area contributed by atoms with Crippen LogP contribution in [0.5, 0.6) is 0 Å². The fourth-order valence-corrected chi connectivity index (χ4v) is 0.675. The van der Waals surface area contributed by atoms with Crippen molar-refractivity contribution in [2.45, 2.75) is 6.92 Å². The Kier molecular flexibility index (Phi) is 2.91. The lowest BCUT2D eigenvalue weighted by Gasteiger charge is -1.97. The number of carboxylic acid groups (broad SMARTS) is 1. The molecular formula is C7H8N4O2. The highest BCUT2D eigenvalue weighted by Gasteiger charge is 1.98. The summed E-state index contributed by atoms with van der Waals surface area (Å²) in [6.45, 7) is 1.64. The quantitative estimate of drug-likeness (QED) is 0.511. The summed E-state index contributed by atoms with van der Waals surface area (Å²) in [4.78, 5) is 17.8. The van der Waals surface area contributed by atoms with Crippen LogP contribution >= 0.6 is 0 Å². The van der Waals surface area contributed by atoms with E-state index in [0.29, 0.717) is 11.4 Å². The standard InChI is InChI=1S/C7H8N4O2/c1-5(10-11-7(12)13)6-4-8-2-3-9-6/h2-4,11H,1H3,(H,12,13). The lowest BCUT2D eigenvalue weighted by molar-refractivity contribution is 0.195. The van der Waals surface area contributed by atoms with Gasteiger partial charge in [0, 0.05) is 12.4 Å². The number of hydrogen-bond donors (Lipinski definition) is 2. The van der Waals surface area contributed by atoms with Crippen LogP contribution in [0.4, 0.5) is 4.79 Å². The van der Waals surface area contributed by atoms with Gasteiger partial charge in [-0.05, 0) is 6.92 Å². The molecule has 1 amide bonds. The van der Waals surface area contributed by atoms with Crippen molar-refractivity contribution in [3.05, 3.63) is 24.3 Å². The van der Waals surface area contributed by atoms with E-state index < -0.39 is 6.09 Å². The average molecular weight is 180 g/mol. The van der Waals surface area contributed by atoms with Gasteiger partial charge in [-0.1, -0.05) is 0 Å². The van der Waals surface area contributed by atoms with Gasteiger partial charge in [0.05, 0.1) is 11.9 Å². The largest absolute Gasteiger partial charge is 0.464 e. The highest BCUT2D eigenvalue weighted by atomic mass is 16.4. The molecule has 0 fully saturated rings. The molecule has 2 N–H and O–H groups in total. The van der Waals surface area contributed by atoms with Gasteiger partial charge < -0.3 is 5.11 Å². The average Bonchev–Trinajstić information content (AvgIpc) is 2.15. The lowest BCUT2D eigenvalue weighted by Crippen LogP contribution is -2.16. The number of rotatable bonds is 2. The van der Waals surface area contributed by atoms with E-state index in [-0.39, 0.29) is 0 Å². The van der Waals surface area contributed by atoms with E-state index in [1.165, 1.54) is 18.6 Å². The van der Waals surface area contributed by atoms with Gasteiger partial charge in [0.1, 0.15) is 5.69 Å². The van der Waals surface area contributed by atoms with Crippen LogP contribution in [0, 0.1) is 0 Å². The Hall–Kier alpha value is -1.98. The smallest absolute Gasteiger partial charge is 0.425 e. The van der Waals surface area contributed by atoms with E-state index in [1.807, 2.05) is 5.43 Å². The number of amides is 1. The van der Waals surface area contributed by atoms with Gasteiger partial charge in [0.15, 0.2) is 0 Å². The monoisotopic (exact) mass is 180 g/mol. The first-order valence-electron chi connectivity index (χ1n) is 3.50. The number of aromatic nitrogens is 2. The van der Waals surface area contributed by atoms with Crippen molar-refractivity contribution in [2.24, 2.45) is 5.10 Å². The normalized spacial score (nSPS) is 11.0. The fourth-order valence-electron chi connectivity index (χ4n) is 0.675. The lowest BCUT2D eigenvalue weighted by atomic mass is 10.3. The molecule has 0 aliphatic heterocycles. The zero-order chi connectivity index (χ0) is 9.68. The van der Waals surface area contributed by atoms with E-state index in [9.17, 15) is 4.79 Å². The Balaban J connectivity index is 2.73. The molecule has 0 atom stereocenters. The maximum Gasteiger partial charge on any atom is 0.425 e. The molecule has 0 aliphatic rings. The van der Waals surface area contributed by atoms with Gasteiger partial charge in [-0.2, -0.15) is 5.10 Å². The maximum absolute atomic E-state index is 10.1. The second-order valence-electron chi connectivity index (χ2n) is 2.20. The van der Waals surface area contributed by atoms with Crippen LogP contribution in [0.15, 0.2) is 23.7 Å². The molecule has 0 saturated heterocycles. The maximum atomic E-state index is 10.1. The summed E-state index contributed by atoms with van der Waals surface area (Å²) in [6, 6.07) is 0. The molecule has 68 valence electrons. The third kappa shape index (κ3) is 2.86. The van der Waals surface area contributed by atoms with Crippen LogP contribution in [0.2, 0.25) is 0 Å². The molecule has 6 heteroatoms. The second kappa shape index (κ2) is 4.15. The van der Waals surface area contributed by atoms with Gasteiger partial charge in [0.2, 0.25) is 0 Å². The van der Waals surface area contributed by atoms with Crippen LogP contribution in [0.25, 0.3) is 0 Å². The van der Waals surface area contributed by atoms with Gasteiger partial charge in [-0.25, -0.2) is 10.2 Å². The first-order chi connectivity index (χ1) is 6.20. The summed E-state index contributed by atoms with van der Waals surface area (Å²) in [5.41, 5.74) is 2.89. The zero-order valence-corrected chi connectivity index (χ0v) is 6.93. The van der Waals surface area contributed by atoms with Crippen LogP contribution in [-0.2, 0) is 0 Å². The van der Waals surface area contributed by atoms with Crippen molar-refractivity contribution < 1.29 is 9.90 Å². The summed E-state index contributed by atoms with van der Waals surface area (Å²) >= 11 is 0. The molecule has 0 radical (unpaired) electrons. The fraction of sp³-hybridized carbons (Fsp3) is 0.143. The van der Waals surface area contributed by atoms with Gasteiger partial charge in [0.25, 0.3) is 0 Å². The van der Waals surface area contributed by atoms with E-state index in [0.717, 1.165) is 0 Å². The molecule has 1 aromatic heterocycles. The molecule has 0 aliphatic carbocycles. The second-order valence-corrected chi connectivity index (χ2v) is 2.20. The molecular weight excluding hydrogens is 172 g/mol. The Bertz CT molecular complexity index is 323. The molecule has 1 rings (SSSR count).